The van der Waals surface area contributed by atoms with Crippen LogP contribution in [0.15, 0.2) is 29.7 Å². The summed E-state index contributed by atoms with van der Waals surface area (Å²) in [5.41, 5.74) is 0.776. The Morgan fingerprint density at radius 1 is 1.56 bits per heavy atom. The van der Waals surface area contributed by atoms with Crippen LogP contribution < -0.4 is 5.32 Å². The van der Waals surface area contributed by atoms with Gasteiger partial charge in [0.1, 0.15) is 6.54 Å². The number of alkyl halides is 1. The third-order valence-corrected chi connectivity index (χ3v) is 2.39. The minimum atomic E-state index is -1.86. The van der Waals surface area contributed by atoms with Gasteiger partial charge in [-0.15, -0.1) is 16.4 Å². The quantitative estimate of drug-likeness (QED) is 0.368. The van der Waals surface area contributed by atoms with E-state index in [2.05, 4.69) is 15.6 Å². The normalized spacial score (nSPS) is 13.7. The number of rotatable bonds is 6. The highest BCUT2D eigenvalue weighted by Gasteiger charge is 2.29. The molecule has 1 atom stereocenters. The Balaban J connectivity index is 2.43. The van der Waals surface area contributed by atoms with E-state index >= 15 is 0 Å². The van der Waals surface area contributed by atoms with E-state index in [9.17, 15) is 14.9 Å². The molecule has 0 fully saturated rings. The maximum Gasteiger partial charge on any atom is 0.446 e. The fraction of sp³-hybridized carbons (Fsp3) is 0.400. The molecule has 1 heterocycles. The van der Waals surface area contributed by atoms with Crippen molar-refractivity contribution in [2.45, 2.75) is 6.42 Å². The van der Waals surface area contributed by atoms with Gasteiger partial charge in [-0.2, -0.15) is 0 Å². The summed E-state index contributed by atoms with van der Waals surface area (Å²) in [5, 5.41) is 16.2. The largest absolute Gasteiger partial charge is 0.593 e. The summed E-state index contributed by atoms with van der Waals surface area (Å²) in [7, 11) is 0. The minimum absolute atomic E-state index is 0.122. The second kappa shape index (κ2) is 7.00. The molecular weight excluding hydrogens is 260 g/mol. The number of carbonyl (C=O) groups is 1. The Labute approximate surface area is 109 Å². The Bertz CT molecular complexity index is 403. The number of hydrogen-bond acceptors (Lipinski definition) is 5. The fourth-order valence-electron chi connectivity index (χ4n) is 1.26. The molecule has 1 aromatic rings. The molecule has 8 heteroatoms. The first-order valence-corrected chi connectivity index (χ1v) is 5.84. The van der Waals surface area contributed by atoms with Crippen LogP contribution in [0.5, 0.6) is 0 Å². The van der Waals surface area contributed by atoms with Gasteiger partial charge in [0.2, 0.25) is 0 Å². The number of aromatic nitrogens is 1. The summed E-state index contributed by atoms with van der Waals surface area (Å²) >= 11 is 5.33. The molecule has 0 aliphatic carbocycles. The molecule has 0 saturated carbocycles. The zero-order valence-corrected chi connectivity index (χ0v) is 10.3. The number of urea groups is 1. The number of amides is 2. The Morgan fingerprint density at radius 2 is 2.33 bits per heavy atom. The van der Waals surface area contributed by atoms with E-state index in [0.717, 1.165) is 5.69 Å². The van der Waals surface area contributed by atoms with Crippen molar-refractivity contribution in [1.29, 1.82) is 0 Å². The maximum absolute atomic E-state index is 11.6. The number of halogens is 1. The van der Waals surface area contributed by atoms with E-state index < -0.39 is 10.8 Å². The van der Waals surface area contributed by atoms with E-state index in [1.807, 2.05) is 6.07 Å². The molecule has 1 aromatic heterocycles. The number of hydrogen-bond donors (Lipinski definition) is 1. The predicted molar refractivity (Wildman–Crippen MR) is 66.3 cm³/mol. The van der Waals surface area contributed by atoms with Crippen molar-refractivity contribution in [2.24, 2.45) is 5.29 Å². The van der Waals surface area contributed by atoms with Gasteiger partial charge in [-0.05, 0) is 12.1 Å². The van der Waals surface area contributed by atoms with Crippen LogP contribution in [0.3, 0.4) is 0 Å². The van der Waals surface area contributed by atoms with Crippen LogP contribution in [0.2, 0.25) is 0 Å². The molecular formula is C10H13ClN4O3. The highest BCUT2D eigenvalue weighted by Crippen LogP contribution is 2.06. The van der Waals surface area contributed by atoms with E-state index in [0.29, 0.717) is 6.42 Å². The van der Waals surface area contributed by atoms with Crippen LogP contribution in [-0.4, -0.2) is 34.7 Å². The molecule has 1 unspecified atom stereocenters. The van der Waals surface area contributed by atoms with E-state index in [4.69, 9.17) is 11.6 Å². The molecule has 0 radical (unpaired) electrons. The molecule has 0 spiro atoms. The van der Waals surface area contributed by atoms with Gasteiger partial charge in [0, 0.05) is 24.9 Å². The lowest BCUT2D eigenvalue weighted by Crippen LogP contribution is -2.50. The standard InChI is InChI=1S/C10H13ClN4O3/c11-5-8-15(18,14-17)10(16)13-7-4-9-3-1-2-6-12-9/h1-3,6H,4-5,7-8H2,(H,13,16). The Hall–Kier alpha value is -1.57. The van der Waals surface area contributed by atoms with Crippen molar-refractivity contribution in [3.05, 3.63) is 40.2 Å². The highest BCUT2D eigenvalue weighted by atomic mass is 35.5. The molecule has 0 aliphatic rings. The van der Waals surface area contributed by atoms with Crippen LogP contribution in [0, 0.1) is 10.1 Å². The second-order valence-electron chi connectivity index (χ2n) is 3.50. The molecule has 0 saturated heterocycles. The van der Waals surface area contributed by atoms with Gasteiger partial charge >= 0.3 is 6.03 Å². The molecule has 0 aromatic carbocycles. The zero-order chi connectivity index (χ0) is 13.4. The van der Waals surface area contributed by atoms with Crippen molar-refractivity contribution in [1.82, 2.24) is 10.3 Å². The van der Waals surface area contributed by atoms with E-state index in [-0.39, 0.29) is 19.0 Å². The first-order valence-electron chi connectivity index (χ1n) is 5.30. The average Bonchev–Trinajstić information content (AvgIpc) is 2.40. The Kier molecular flexibility index (Phi) is 5.63. The molecule has 0 bridgehead atoms. The van der Waals surface area contributed by atoms with Crippen molar-refractivity contribution in [3.8, 4) is 0 Å². The lowest BCUT2D eigenvalue weighted by molar-refractivity contribution is -0.805. The summed E-state index contributed by atoms with van der Waals surface area (Å²) in [6.07, 6.45) is 2.10. The number of quaternary nitrogens is 1. The molecule has 18 heavy (non-hydrogen) atoms. The van der Waals surface area contributed by atoms with Crippen LogP contribution in [-0.2, 0) is 6.42 Å². The van der Waals surface area contributed by atoms with Gasteiger partial charge in [-0.25, -0.2) is 4.79 Å². The average molecular weight is 273 g/mol. The van der Waals surface area contributed by atoms with Gasteiger partial charge in [-0.1, -0.05) is 11.0 Å². The number of nitroso groups, excluding NO2 is 1. The topological polar surface area (TPSA) is 94.5 Å². The van der Waals surface area contributed by atoms with Gasteiger partial charge in [0.15, 0.2) is 5.29 Å². The van der Waals surface area contributed by atoms with Gasteiger partial charge < -0.3 is 10.5 Å². The fourth-order valence-corrected chi connectivity index (χ4v) is 1.49. The summed E-state index contributed by atoms with van der Waals surface area (Å²) in [6, 6.07) is 4.38. The van der Waals surface area contributed by atoms with Crippen LogP contribution in [0.25, 0.3) is 0 Å². The SMILES string of the molecule is O=N[N+]([O-])(CCCl)C(=O)NCCc1ccccn1. The highest BCUT2D eigenvalue weighted by molar-refractivity contribution is 6.18. The minimum Gasteiger partial charge on any atom is -0.593 e. The summed E-state index contributed by atoms with van der Waals surface area (Å²) in [5.74, 6) is -0.122. The number of carbonyl (C=O) groups excluding carboxylic acids is 1. The lowest BCUT2D eigenvalue weighted by atomic mass is 10.3. The van der Waals surface area contributed by atoms with Crippen LogP contribution in [0.1, 0.15) is 5.69 Å². The first kappa shape index (κ1) is 14.5. The molecule has 0 aliphatic heterocycles. The van der Waals surface area contributed by atoms with E-state index in [1.54, 1.807) is 18.3 Å². The predicted octanol–water partition coefficient (Wildman–Crippen LogP) is 1.57. The number of nitrogens with zero attached hydrogens (tertiary/aromatic N) is 3. The van der Waals surface area contributed by atoms with E-state index in [1.165, 1.54) is 0 Å². The Morgan fingerprint density at radius 3 is 2.89 bits per heavy atom. The number of hydroxylamine groups is 2. The van der Waals surface area contributed by atoms with Gasteiger partial charge in [-0.3, -0.25) is 4.98 Å². The van der Waals surface area contributed by atoms with Crippen molar-refractivity contribution in [2.75, 3.05) is 19.0 Å². The van der Waals surface area contributed by atoms with Gasteiger partial charge in [0.25, 0.3) is 0 Å². The summed E-state index contributed by atoms with van der Waals surface area (Å²) in [6.45, 7) is -0.184. The molecule has 98 valence electrons. The van der Waals surface area contributed by atoms with Crippen molar-refractivity contribution >= 4 is 17.6 Å². The maximum atomic E-state index is 11.6. The van der Waals surface area contributed by atoms with Crippen LogP contribution >= 0.6 is 11.6 Å². The third-order valence-electron chi connectivity index (χ3n) is 2.22. The lowest BCUT2D eigenvalue weighted by Gasteiger charge is -2.27. The zero-order valence-electron chi connectivity index (χ0n) is 9.58. The molecule has 7 nitrogen and oxygen atoms in total. The van der Waals surface area contributed by atoms with Crippen LogP contribution in [0.4, 0.5) is 4.79 Å². The van der Waals surface area contributed by atoms with Crippen molar-refractivity contribution in [3.63, 3.8) is 0 Å². The monoisotopic (exact) mass is 272 g/mol. The third kappa shape index (κ3) is 4.02. The smallest absolute Gasteiger partial charge is 0.446 e. The van der Waals surface area contributed by atoms with Gasteiger partial charge in [0.05, 0.1) is 5.88 Å². The van der Waals surface area contributed by atoms with Crippen molar-refractivity contribution < 1.29 is 9.55 Å². The second-order valence-corrected chi connectivity index (χ2v) is 3.88. The summed E-state index contributed by atoms with van der Waals surface area (Å²) < 4.78 is -1.86. The molecule has 1 rings (SSSR count). The molecule has 1 N–H and O–H groups in total. The molecule has 2 amide bonds. The summed E-state index contributed by atoms with van der Waals surface area (Å²) in [4.78, 5) is 25.9. The number of pyridine rings is 1. The number of nitrogens with one attached hydrogen (secondary N) is 1. The first-order chi connectivity index (χ1) is 8.62.